The van der Waals surface area contributed by atoms with E-state index < -0.39 is 0 Å². The summed E-state index contributed by atoms with van der Waals surface area (Å²) in [6.07, 6.45) is 2.32. The monoisotopic (exact) mass is 1380 g/mol. The van der Waals surface area contributed by atoms with Gasteiger partial charge in [-0.05, 0) is 170 Å². The van der Waals surface area contributed by atoms with Crippen molar-refractivity contribution in [2.24, 2.45) is 0 Å². The van der Waals surface area contributed by atoms with Gasteiger partial charge in [-0.3, -0.25) is 0 Å². The summed E-state index contributed by atoms with van der Waals surface area (Å²) in [5.74, 6) is 3.49. The molecule has 0 fully saturated rings. The van der Waals surface area contributed by atoms with Crippen LogP contribution < -0.4 is 18.9 Å². The first-order valence-electron chi connectivity index (χ1n) is 37.5. The van der Waals surface area contributed by atoms with Gasteiger partial charge in [0.15, 0.2) is 0 Å². The van der Waals surface area contributed by atoms with E-state index in [0.29, 0.717) is 57.5 Å². The van der Waals surface area contributed by atoms with Gasteiger partial charge in [-0.1, -0.05) is 281 Å². The molecule has 0 amide bonds. The molecule has 0 saturated heterocycles. The van der Waals surface area contributed by atoms with Crippen molar-refractivity contribution in [3.63, 3.8) is 0 Å². The third-order valence-corrected chi connectivity index (χ3v) is 21.4. The Hall–Kier alpha value is -9.40. The fourth-order valence-corrected chi connectivity index (χ4v) is 14.7. The number of phenolic OH excluding ortho intramolecular Hbond substituents is 2. The highest BCUT2D eigenvalue weighted by Gasteiger charge is 2.32. The molecular weight excluding hydrogens is 1280 g/mol. The van der Waals surface area contributed by atoms with Crippen molar-refractivity contribution in [3.8, 4) is 34.5 Å². The summed E-state index contributed by atoms with van der Waals surface area (Å²) < 4.78 is 30.1. The highest BCUT2D eigenvalue weighted by atomic mass is 16.5. The van der Waals surface area contributed by atoms with Gasteiger partial charge in [0.2, 0.25) is 0 Å². The van der Waals surface area contributed by atoms with Crippen molar-refractivity contribution in [1.29, 1.82) is 0 Å². The van der Waals surface area contributed by atoms with Crippen LogP contribution >= 0.6 is 0 Å². The van der Waals surface area contributed by atoms with E-state index in [4.69, 9.17) is 28.9 Å². The van der Waals surface area contributed by atoms with Crippen LogP contribution in [0.2, 0.25) is 0 Å². The third-order valence-electron chi connectivity index (χ3n) is 21.4. The smallest absolute Gasteiger partial charge is 0.130 e. The van der Waals surface area contributed by atoms with Gasteiger partial charge in [0.1, 0.15) is 60.9 Å². The van der Waals surface area contributed by atoms with Crippen LogP contribution in [0.5, 0.6) is 34.5 Å². The Balaban J connectivity index is 1.19. The van der Waals surface area contributed by atoms with E-state index in [1.807, 2.05) is 0 Å². The number of hydrogen-bond donors (Lipinski definition) is 2. The number of nitrogens with zero attached hydrogens (tertiary/aromatic N) is 2. The van der Waals surface area contributed by atoms with Crippen LogP contribution in [0, 0.1) is 13.8 Å². The predicted molar refractivity (Wildman–Crippen MR) is 428 cm³/mol. The number of benzene rings is 9. The summed E-state index contributed by atoms with van der Waals surface area (Å²) in [4.78, 5) is 11.0. The Kier molecular flexibility index (Phi) is 19.3. The van der Waals surface area contributed by atoms with Gasteiger partial charge in [-0.15, -0.1) is 0 Å². The van der Waals surface area contributed by atoms with Crippen molar-refractivity contribution >= 4 is 21.8 Å². The van der Waals surface area contributed by atoms with E-state index in [2.05, 4.69) is 296 Å². The van der Waals surface area contributed by atoms with Gasteiger partial charge in [0.25, 0.3) is 0 Å². The molecule has 104 heavy (non-hydrogen) atoms. The maximum atomic E-state index is 13.5. The summed E-state index contributed by atoms with van der Waals surface area (Å²) in [5.41, 5.74) is 23.5. The number of phenols is 2. The Morgan fingerprint density at radius 2 is 0.538 bits per heavy atom. The first-order valence-corrected chi connectivity index (χ1v) is 37.5. The van der Waals surface area contributed by atoms with Crippen LogP contribution in [0.15, 0.2) is 158 Å². The molecule has 538 valence electrons. The lowest BCUT2D eigenvalue weighted by molar-refractivity contribution is 0.292. The number of aromatic hydroxyl groups is 2. The second-order valence-electron chi connectivity index (χ2n) is 36.3. The number of aromatic nitrogens is 2. The predicted octanol–water partition coefficient (Wildman–Crippen LogP) is 23.1. The zero-order valence-corrected chi connectivity index (χ0v) is 65.5. The number of hydrogen-bond acceptors (Lipinski definition) is 8. The molecule has 0 radical (unpaired) electrons. The van der Waals surface area contributed by atoms with Crippen molar-refractivity contribution in [3.05, 3.63) is 292 Å². The summed E-state index contributed by atoms with van der Waals surface area (Å²) in [7, 11) is 0. The Labute approximate surface area is 619 Å². The van der Waals surface area contributed by atoms with Crippen LogP contribution in [0.4, 0.5) is 0 Å². The quantitative estimate of drug-likeness (QED) is 0.159. The van der Waals surface area contributed by atoms with Crippen LogP contribution in [0.25, 0.3) is 21.8 Å². The second kappa shape index (κ2) is 27.6. The molecule has 0 unspecified atom stereocenters. The SMILES string of the molecule is Cc1ccc(COc2c3cc(C(C)(C)C)cc2Cc2cc(C(C)(C)C)cc4c2OCc2ccc5ccc6ccc(nc6c5n2)COc2c(cc(C(C)(C)C)cc2Cc2cc(C(C)(C)C)cc(c2O)Cc2cc(C(C)(C)C)cc(c2OCc2ccc(C)cc2)C4)Cc2cc(C(C)(C)C)cc(c2O)C3)cc1. The largest absolute Gasteiger partial charge is 0.507 e. The molecule has 8 nitrogen and oxygen atoms in total. The van der Waals surface area contributed by atoms with Crippen LogP contribution in [-0.2, 0) is 97.4 Å². The van der Waals surface area contributed by atoms with Gasteiger partial charge >= 0.3 is 0 Å². The molecule has 0 aliphatic carbocycles. The molecule has 2 N–H and O–H groups in total. The number of ether oxygens (including phenoxy) is 4. The number of rotatable bonds is 6. The molecule has 2 aromatic heterocycles. The van der Waals surface area contributed by atoms with E-state index in [9.17, 15) is 10.2 Å². The van der Waals surface area contributed by atoms with Crippen molar-refractivity contribution in [1.82, 2.24) is 9.97 Å². The number of pyridine rings is 2. The molecule has 2 aliphatic heterocycles. The molecule has 0 saturated carbocycles. The first-order chi connectivity index (χ1) is 48.9. The fourth-order valence-electron chi connectivity index (χ4n) is 14.7. The lowest BCUT2D eigenvalue weighted by Crippen LogP contribution is -2.17. The lowest BCUT2D eigenvalue weighted by atomic mass is 9.79. The topological polar surface area (TPSA) is 103 Å². The van der Waals surface area contributed by atoms with Gasteiger partial charge in [-0.25, -0.2) is 9.97 Å². The summed E-state index contributed by atoms with van der Waals surface area (Å²) >= 11 is 0. The normalized spacial score (nSPS) is 14.0. The zero-order valence-electron chi connectivity index (χ0n) is 65.5. The van der Waals surface area contributed by atoms with Crippen molar-refractivity contribution in [2.45, 2.75) is 236 Å². The Morgan fingerprint density at radius 3 is 0.808 bits per heavy atom. The standard InChI is InChI=1S/C96H108N2O6/c1-57-21-25-59(26-22-57)53-101-87-67-35-63-41-75(91(3,4)5)43-65(85(63)99)37-69-47-77(93(9,10)11)48-70-38-66-44-76(92(6,7)8)42-64(86(66)100)36-68-46-79(95(15,16)17)50-72(88(68)102-54-60-27-23-58(2)24-28-60)40-74-52-80(96(18,19)20)51-73(39-71(87)49-78(45-67)94(12,13)14)90(74)104-56-82-34-32-62-30-29-61-31-33-81(55-103-89(69)70)97-83(61)84(62)98-82/h21-34,41-52,99-100H,35-40,53-56H2,1-20H3. The summed E-state index contributed by atoms with van der Waals surface area (Å²) in [6, 6.07) is 57.6. The highest BCUT2D eigenvalue weighted by molar-refractivity contribution is 6.02. The minimum atomic E-state index is -0.324. The van der Waals surface area contributed by atoms with Crippen molar-refractivity contribution in [2.75, 3.05) is 0 Å². The molecule has 14 bridgehead atoms. The highest BCUT2D eigenvalue weighted by Crippen LogP contribution is 2.47. The Bertz CT molecular complexity index is 4870. The van der Waals surface area contributed by atoms with E-state index in [1.165, 1.54) is 11.1 Å². The van der Waals surface area contributed by atoms with Gasteiger partial charge < -0.3 is 29.2 Å². The molecule has 4 heterocycles. The van der Waals surface area contributed by atoms with E-state index >= 15 is 0 Å². The Morgan fingerprint density at radius 1 is 0.308 bits per heavy atom. The van der Waals surface area contributed by atoms with Gasteiger partial charge in [-0.2, -0.15) is 0 Å². The first kappa shape index (κ1) is 72.9. The van der Waals surface area contributed by atoms with E-state index in [-0.39, 0.29) is 57.2 Å². The lowest BCUT2D eigenvalue weighted by Gasteiger charge is -2.28. The van der Waals surface area contributed by atoms with E-state index in [0.717, 1.165) is 162 Å². The minimum Gasteiger partial charge on any atom is -0.507 e. The van der Waals surface area contributed by atoms with E-state index in [1.54, 1.807) is 0 Å². The maximum absolute atomic E-state index is 13.5. The molecule has 13 rings (SSSR count). The summed E-state index contributed by atoms with van der Waals surface area (Å²) in [5, 5.41) is 29.0. The number of fused-ring (bicyclic) bond motifs is 10. The second-order valence-corrected chi connectivity index (χ2v) is 36.3. The van der Waals surface area contributed by atoms with Gasteiger partial charge in [0, 0.05) is 49.3 Å². The molecular formula is C96H108N2O6. The molecule has 0 spiro atoms. The fraction of sp³-hybridized carbons (Fsp3) is 0.375. The molecule has 0 atom stereocenters. The van der Waals surface area contributed by atoms with Crippen LogP contribution in [0.1, 0.15) is 258 Å². The number of aryl methyl sites for hydroxylation is 2. The van der Waals surface area contributed by atoms with Gasteiger partial charge in [0.05, 0.1) is 22.4 Å². The van der Waals surface area contributed by atoms with Crippen molar-refractivity contribution < 1.29 is 29.2 Å². The minimum absolute atomic E-state index is 0.133. The summed E-state index contributed by atoms with van der Waals surface area (Å²) in [6.45, 7) is 46.1. The third kappa shape index (κ3) is 15.8. The molecule has 2 aliphatic rings. The van der Waals surface area contributed by atoms with Crippen LogP contribution in [-0.4, -0.2) is 20.2 Å². The molecule has 8 heteroatoms. The average Bonchev–Trinajstić information content (AvgIpc) is 0.816. The maximum Gasteiger partial charge on any atom is 0.130 e. The molecule has 11 aromatic rings. The molecule has 9 aromatic carbocycles. The average molecular weight is 1390 g/mol. The zero-order chi connectivity index (χ0) is 74.3. The van der Waals surface area contributed by atoms with Crippen LogP contribution in [0.3, 0.4) is 0 Å².